The van der Waals surface area contributed by atoms with E-state index in [9.17, 15) is 9.59 Å². The Kier molecular flexibility index (Phi) is 4.54. The van der Waals surface area contributed by atoms with Gasteiger partial charge in [0.2, 0.25) is 5.82 Å². The molecule has 1 N–H and O–H groups in total. The number of imidazole rings is 1. The predicted octanol–water partition coefficient (Wildman–Crippen LogP) is 3.60. The van der Waals surface area contributed by atoms with Crippen LogP contribution >= 0.6 is 0 Å². The van der Waals surface area contributed by atoms with E-state index in [4.69, 9.17) is 0 Å². The topological polar surface area (TPSA) is 66.7 Å². The van der Waals surface area contributed by atoms with Crippen molar-refractivity contribution in [1.29, 1.82) is 0 Å². The SMILES string of the molecule is O=C(NC1CCCC1)c1nc(C(=O)N2CCCc3ccccc32)c2ccccn12. The summed E-state index contributed by atoms with van der Waals surface area (Å²) in [5.74, 6) is -0.0851. The lowest BCUT2D eigenvalue weighted by atomic mass is 10.0. The number of aromatic nitrogens is 2. The Morgan fingerprint density at radius 3 is 2.66 bits per heavy atom. The molecule has 3 aromatic rings. The summed E-state index contributed by atoms with van der Waals surface area (Å²) in [6.45, 7) is 0.658. The van der Waals surface area contributed by atoms with Crippen LogP contribution in [0.15, 0.2) is 48.7 Å². The number of hydrogen-bond acceptors (Lipinski definition) is 3. The largest absolute Gasteiger partial charge is 0.347 e. The molecule has 2 amide bonds. The number of carbonyl (C=O) groups excluding carboxylic acids is 2. The van der Waals surface area contributed by atoms with Gasteiger partial charge in [-0.15, -0.1) is 0 Å². The van der Waals surface area contributed by atoms with Crippen molar-refractivity contribution in [2.24, 2.45) is 0 Å². The van der Waals surface area contributed by atoms with Gasteiger partial charge in [-0.1, -0.05) is 37.1 Å². The molecule has 148 valence electrons. The molecule has 1 saturated carbocycles. The van der Waals surface area contributed by atoms with Gasteiger partial charge in [-0.3, -0.25) is 14.0 Å². The average Bonchev–Trinajstić information content (AvgIpc) is 3.40. The molecule has 0 unspecified atom stereocenters. The molecule has 6 nitrogen and oxygen atoms in total. The lowest BCUT2D eigenvalue weighted by Gasteiger charge is -2.28. The molecule has 1 aromatic carbocycles. The van der Waals surface area contributed by atoms with Crippen LogP contribution in [0.2, 0.25) is 0 Å². The summed E-state index contributed by atoms with van der Waals surface area (Å²) in [6, 6.07) is 13.8. The third-order valence-electron chi connectivity index (χ3n) is 6.00. The summed E-state index contributed by atoms with van der Waals surface area (Å²) in [7, 11) is 0. The molecule has 1 fully saturated rings. The molecular weight excluding hydrogens is 364 g/mol. The first-order chi connectivity index (χ1) is 14.2. The standard InChI is InChI=1S/C23H24N4O2/c28-22(24-17-10-2-3-11-17)21-25-20(19-13-5-6-14-26(19)21)23(29)27-15-7-9-16-8-1-4-12-18(16)27/h1,4-6,8,12-14,17H,2-3,7,9-11,15H2,(H,24,28). The summed E-state index contributed by atoms with van der Waals surface area (Å²) in [4.78, 5) is 32.7. The third-order valence-corrected chi connectivity index (χ3v) is 6.00. The van der Waals surface area contributed by atoms with Gasteiger partial charge in [0.15, 0.2) is 5.69 Å². The highest BCUT2D eigenvalue weighted by Crippen LogP contribution is 2.29. The highest BCUT2D eigenvalue weighted by atomic mass is 16.2. The monoisotopic (exact) mass is 388 g/mol. The van der Waals surface area contributed by atoms with Crippen LogP contribution in [0.3, 0.4) is 0 Å². The highest BCUT2D eigenvalue weighted by molar-refractivity contribution is 6.10. The van der Waals surface area contributed by atoms with Crippen LogP contribution in [-0.2, 0) is 6.42 Å². The summed E-state index contributed by atoms with van der Waals surface area (Å²) in [5.41, 5.74) is 3.11. The van der Waals surface area contributed by atoms with Crippen molar-refractivity contribution >= 4 is 23.0 Å². The maximum atomic E-state index is 13.5. The van der Waals surface area contributed by atoms with Crippen LogP contribution in [0.1, 0.15) is 58.8 Å². The smallest absolute Gasteiger partial charge is 0.287 e. The van der Waals surface area contributed by atoms with Crippen LogP contribution in [0.4, 0.5) is 5.69 Å². The van der Waals surface area contributed by atoms with E-state index in [1.807, 2.05) is 36.4 Å². The van der Waals surface area contributed by atoms with Crippen LogP contribution in [0, 0.1) is 0 Å². The number of benzene rings is 1. The van der Waals surface area contributed by atoms with E-state index in [2.05, 4.69) is 16.4 Å². The molecule has 3 heterocycles. The third kappa shape index (κ3) is 3.18. The molecule has 2 aliphatic rings. The number of rotatable bonds is 3. The zero-order chi connectivity index (χ0) is 19.8. The second kappa shape index (κ2) is 7.35. The van der Waals surface area contributed by atoms with Crippen LogP contribution in [0.5, 0.6) is 0 Å². The molecule has 0 atom stereocenters. The van der Waals surface area contributed by atoms with Gasteiger partial charge >= 0.3 is 0 Å². The van der Waals surface area contributed by atoms with Gasteiger partial charge in [-0.05, 0) is 49.4 Å². The lowest BCUT2D eigenvalue weighted by molar-refractivity contribution is 0.0926. The van der Waals surface area contributed by atoms with Gasteiger partial charge in [0.1, 0.15) is 0 Å². The number of nitrogens with one attached hydrogen (secondary N) is 1. The van der Waals surface area contributed by atoms with Crippen molar-refractivity contribution in [3.63, 3.8) is 0 Å². The second-order valence-electron chi connectivity index (χ2n) is 7.88. The first-order valence-electron chi connectivity index (χ1n) is 10.4. The normalized spacial score (nSPS) is 16.8. The number of para-hydroxylation sites is 1. The number of pyridine rings is 1. The number of aryl methyl sites for hydroxylation is 1. The quantitative estimate of drug-likeness (QED) is 0.745. The Morgan fingerprint density at radius 1 is 1.00 bits per heavy atom. The Labute approximate surface area is 169 Å². The summed E-state index contributed by atoms with van der Waals surface area (Å²) < 4.78 is 1.73. The molecule has 5 rings (SSSR count). The maximum absolute atomic E-state index is 13.5. The number of fused-ring (bicyclic) bond motifs is 2. The molecule has 29 heavy (non-hydrogen) atoms. The van der Waals surface area contributed by atoms with E-state index >= 15 is 0 Å². The number of amides is 2. The fourth-order valence-electron chi connectivity index (χ4n) is 4.55. The van der Waals surface area contributed by atoms with Gasteiger partial charge in [-0.2, -0.15) is 0 Å². The molecule has 6 heteroatoms. The molecular formula is C23H24N4O2. The zero-order valence-electron chi connectivity index (χ0n) is 16.3. The summed E-state index contributed by atoms with van der Waals surface area (Å²) in [5, 5.41) is 3.09. The Morgan fingerprint density at radius 2 is 1.79 bits per heavy atom. The van der Waals surface area contributed by atoms with Crippen molar-refractivity contribution in [1.82, 2.24) is 14.7 Å². The predicted molar refractivity (Wildman–Crippen MR) is 111 cm³/mol. The lowest BCUT2D eigenvalue weighted by Crippen LogP contribution is -2.36. The van der Waals surface area contributed by atoms with Gasteiger partial charge in [0, 0.05) is 24.5 Å². The van der Waals surface area contributed by atoms with E-state index in [1.54, 1.807) is 15.5 Å². The number of nitrogens with zero attached hydrogens (tertiary/aromatic N) is 3. The van der Waals surface area contributed by atoms with E-state index in [-0.39, 0.29) is 23.7 Å². The van der Waals surface area contributed by atoms with E-state index < -0.39 is 0 Å². The van der Waals surface area contributed by atoms with Crippen LogP contribution < -0.4 is 10.2 Å². The molecule has 1 aliphatic carbocycles. The maximum Gasteiger partial charge on any atom is 0.287 e. The number of hydrogen-bond donors (Lipinski definition) is 1. The van der Waals surface area contributed by atoms with Crippen molar-refractivity contribution < 1.29 is 9.59 Å². The second-order valence-corrected chi connectivity index (χ2v) is 7.88. The van der Waals surface area contributed by atoms with E-state index in [1.165, 1.54) is 5.56 Å². The Hall–Kier alpha value is -3.15. The molecule has 0 radical (unpaired) electrons. The minimum Gasteiger partial charge on any atom is -0.347 e. The highest BCUT2D eigenvalue weighted by Gasteiger charge is 2.29. The van der Waals surface area contributed by atoms with Gasteiger partial charge in [-0.25, -0.2) is 4.98 Å². The molecule has 0 saturated heterocycles. The molecule has 1 aliphatic heterocycles. The Balaban J connectivity index is 1.52. The average molecular weight is 388 g/mol. The van der Waals surface area contributed by atoms with Gasteiger partial charge < -0.3 is 10.2 Å². The van der Waals surface area contributed by atoms with E-state index in [0.29, 0.717) is 17.8 Å². The first-order valence-corrected chi connectivity index (χ1v) is 10.4. The Bertz CT molecular complexity index is 1080. The van der Waals surface area contributed by atoms with Gasteiger partial charge in [0.05, 0.1) is 5.52 Å². The molecule has 0 spiro atoms. The van der Waals surface area contributed by atoms with Crippen molar-refractivity contribution in [3.05, 3.63) is 65.7 Å². The minimum atomic E-state index is -0.212. The zero-order valence-corrected chi connectivity index (χ0v) is 16.3. The summed E-state index contributed by atoms with van der Waals surface area (Å²) >= 11 is 0. The number of carbonyl (C=O) groups is 2. The van der Waals surface area contributed by atoms with Crippen molar-refractivity contribution in [3.8, 4) is 0 Å². The van der Waals surface area contributed by atoms with Crippen LogP contribution in [-0.4, -0.2) is 33.8 Å². The summed E-state index contributed by atoms with van der Waals surface area (Å²) in [6.07, 6.45) is 7.99. The molecule has 2 aromatic heterocycles. The first kappa shape index (κ1) is 17.9. The van der Waals surface area contributed by atoms with E-state index in [0.717, 1.165) is 44.2 Å². The minimum absolute atomic E-state index is 0.152. The van der Waals surface area contributed by atoms with Gasteiger partial charge in [0.25, 0.3) is 11.8 Å². The fraction of sp³-hybridized carbons (Fsp3) is 0.348. The van der Waals surface area contributed by atoms with Crippen molar-refractivity contribution in [2.45, 2.75) is 44.6 Å². The van der Waals surface area contributed by atoms with Crippen LogP contribution in [0.25, 0.3) is 5.52 Å². The number of anilines is 1. The fourth-order valence-corrected chi connectivity index (χ4v) is 4.55. The molecule has 0 bridgehead atoms. The van der Waals surface area contributed by atoms with Crippen molar-refractivity contribution in [2.75, 3.05) is 11.4 Å².